The Bertz CT molecular complexity index is 563. The summed E-state index contributed by atoms with van der Waals surface area (Å²) >= 11 is 0. The average molecular weight is 291 g/mol. The van der Waals surface area contributed by atoms with Gasteiger partial charge in [-0.05, 0) is 12.1 Å². The number of hydrogen-bond acceptors (Lipinski definition) is 6. The van der Waals surface area contributed by atoms with Gasteiger partial charge in [0.05, 0.1) is 30.7 Å². The van der Waals surface area contributed by atoms with Gasteiger partial charge in [0.1, 0.15) is 0 Å². The predicted molar refractivity (Wildman–Crippen MR) is 81.9 cm³/mol. The van der Waals surface area contributed by atoms with Gasteiger partial charge in [-0.1, -0.05) is 12.1 Å². The molecule has 0 unspecified atom stereocenters. The topological polar surface area (TPSA) is 65.5 Å². The summed E-state index contributed by atoms with van der Waals surface area (Å²) in [6.45, 7) is 2.42. The summed E-state index contributed by atoms with van der Waals surface area (Å²) < 4.78 is 16.1. The summed E-state index contributed by atoms with van der Waals surface area (Å²) in [6, 6.07) is 7.80. The largest absolute Gasteiger partial charge is 0.477 e. The number of benzene rings is 1. The SMILES string of the molecule is CNc1nc(OCCCOCCOC)c2ccccc2n1. The van der Waals surface area contributed by atoms with Crippen LogP contribution in [0.3, 0.4) is 0 Å². The Morgan fingerprint density at radius 3 is 2.71 bits per heavy atom. The van der Waals surface area contributed by atoms with Gasteiger partial charge in [-0.25, -0.2) is 4.98 Å². The highest BCUT2D eigenvalue weighted by atomic mass is 16.5. The minimum Gasteiger partial charge on any atom is -0.477 e. The molecule has 2 aromatic rings. The minimum absolute atomic E-state index is 0.553. The third-order valence-electron chi connectivity index (χ3n) is 2.90. The summed E-state index contributed by atoms with van der Waals surface area (Å²) in [5.74, 6) is 1.15. The number of methoxy groups -OCH3 is 1. The van der Waals surface area contributed by atoms with E-state index in [1.54, 1.807) is 14.2 Å². The van der Waals surface area contributed by atoms with E-state index in [9.17, 15) is 0 Å². The fraction of sp³-hybridized carbons (Fsp3) is 0.467. The molecule has 6 heteroatoms. The molecular weight excluding hydrogens is 270 g/mol. The van der Waals surface area contributed by atoms with Gasteiger partial charge >= 0.3 is 0 Å². The fourth-order valence-corrected chi connectivity index (χ4v) is 1.84. The normalized spacial score (nSPS) is 10.8. The molecule has 0 spiro atoms. The summed E-state index contributed by atoms with van der Waals surface area (Å²) in [7, 11) is 3.45. The zero-order chi connectivity index (χ0) is 14.9. The molecule has 0 aliphatic carbocycles. The second-order valence-electron chi connectivity index (χ2n) is 4.43. The van der Waals surface area contributed by atoms with E-state index in [1.165, 1.54) is 0 Å². The molecule has 0 bridgehead atoms. The lowest BCUT2D eigenvalue weighted by atomic mass is 10.2. The van der Waals surface area contributed by atoms with Crippen molar-refractivity contribution >= 4 is 16.9 Å². The van der Waals surface area contributed by atoms with Crippen molar-refractivity contribution in [1.82, 2.24) is 9.97 Å². The lowest BCUT2D eigenvalue weighted by molar-refractivity contribution is 0.0643. The zero-order valence-electron chi connectivity index (χ0n) is 12.5. The molecule has 0 amide bonds. The Labute approximate surface area is 124 Å². The van der Waals surface area contributed by atoms with E-state index in [1.807, 2.05) is 24.3 Å². The highest BCUT2D eigenvalue weighted by molar-refractivity contribution is 5.84. The average Bonchev–Trinajstić information content (AvgIpc) is 2.53. The van der Waals surface area contributed by atoms with Crippen molar-refractivity contribution in [2.24, 2.45) is 0 Å². The van der Waals surface area contributed by atoms with Gasteiger partial charge < -0.3 is 19.5 Å². The standard InChI is InChI=1S/C15H21N3O3/c1-16-15-17-13-7-4-3-6-12(13)14(18-15)21-9-5-8-20-11-10-19-2/h3-4,6-7H,5,8-11H2,1-2H3,(H,16,17,18). The number of aromatic nitrogens is 2. The molecule has 1 heterocycles. The van der Waals surface area contributed by atoms with Crippen molar-refractivity contribution in [3.63, 3.8) is 0 Å². The zero-order valence-corrected chi connectivity index (χ0v) is 12.5. The Hall–Kier alpha value is -1.92. The molecule has 0 saturated carbocycles. The predicted octanol–water partition coefficient (Wildman–Crippen LogP) is 2.10. The highest BCUT2D eigenvalue weighted by Gasteiger charge is 2.07. The molecule has 1 aromatic heterocycles. The van der Waals surface area contributed by atoms with E-state index >= 15 is 0 Å². The van der Waals surface area contributed by atoms with Crippen LogP contribution in [-0.2, 0) is 9.47 Å². The molecule has 1 aromatic carbocycles. The Morgan fingerprint density at radius 1 is 1.05 bits per heavy atom. The van der Waals surface area contributed by atoms with Crippen LogP contribution < -0.4 is 10.1 Å². The summed E-state index contributed by atoms with van der Waals surface area (Å²) in [4.78, 5) is 8.75. The Kier molecular flexibility index (Phi) is 6.18. The van der Waals surface area contributed by atoms with Crippen LogP contribution in [0.5, 0.6) is 5.88 Å². The van der Waals surface area contributed by atoms with Crippen molar-refractivity contribution < 1.29 is 14.2 Å². The van der Waals surface area contributed by atoms with Crippen LogP contribution >= 0.6 is 0 Å². The quantitative estimate of drug-likeness (QED) is 0.714. The second-order valence-corrected chi connectivity index (χ2v) is 4.43. The van der Waals surface area contributed by atoms with Crippen molar-refractivity contribution in [3.05, 3.63) is 24.3 Å². The Morgan fingerprint density at radius 2 is 1.90 bits per heavy atom. The minimum atomic E-state index is 0.553. The monoisotopic (exact) mass is 291 g/mol. The number of nitrogens with zero attached hydrogens (tertiary/aromatic N) is 2. The maximum Gasteiger partial charge on any atom is 0.226 e. The highest BCUT2D eigenvalue weighted by Crippen LogP contribution is 2.23. The van der Waals surface area contributed by atoms with Gasteiger partial charge in [0.25, 0.3) is 0 Å². The third kappa shape index (κ3) is 4.54. The fourth-order valence-electron chi connectivity index (χ4n) is 1.84. The van der Waals surface area contributed by atoms with Gasteiger partial charge in [0.15, 0.2) is 0 Å². The van der Waals surface area contributed by atoms with Gasteiger partial charge in [0, 0.05) is 27.2 Å². The number of rotatable bonds is 9. The van der Waals surface area contributed by atoms with Crippen LogP contribution in [0.2, 0.25) is 0 Å². The van der Waals surface area contributed by atoms with Crippen molar-refractivity contribution in [3.8, 4) is 5.88 Å². The molecule has 6 nitrogen and oxygen atoms in total. The van der Waals surface area contributed by atoms with Crippen LogP contribution in [0, 0.1) is 0 Å². The van der Waals surface area contributed by atoms with Crippen LogP contribution in [0.4, 0.5) is 5.95 Å². The molecule has 0 aliphatic heterocycles. The lowest BCUT2D eigenvalue weighted by Crippen LogP contribution is -2.08. The third-order valence-corrected chi connectivity index (χ3v) is 2.90. The van der Waals surface area contributed by atoms with Crippen LogP contribution in [0.25, 0.3) is 10.9 Å². The molecule has 0 radical (unpaired) electrons. The summed E-state index contributed by atoms with van der Waals surface area (Å²) in [6.07, 6.45) is 0.803. The van der Waals surface area contributed by atoms with Crippen LogP contribution in [0.15, 0.2) is 24.3 Å². The smallest absolute Gasteiger partial charge is 0.226 e. The van der Waals surface area contributed by atoms with Gasteiger partial charge in [0.2, 0.25) is 11.8 Å². The van der Waals surface area contributed by atoms with Gasteiger partial charge in [-0.15, -0.1) is 0 Å². The molecule has 0 atom stereocenters. The molecule has 21 heavy (non-hydrogen) atoms. The van der Waals surface area contributed by atoms with Gasteiger partial charge in [-0.3, -0.25) is 0 Å². The van der Waals surface area contributed by atoms with Crippen LogP contribution in [-0.4, -0.2) is 50.6 Å². The van der Waals surface area contributed by atoms with E-state index in [0.717, 1.165) is 17.3 Å². The first-order chi connectivity index (χ1) is 10.3. The molecule has 1 N–H and O–H groups in total. The molecule has 2 rings (SSSR count). The number of fused-ring (bicyclic) bond motifs is 1. The van der Waals surface area contributed by atoms with Crippen molar-refractivity contribution in [2.45, 2.75) is 6.42 Å². The van der Waals surface area contributed by atoms with Crippen molar-refractivity contribution in [2.75, 3.05) is 45.9 Å². The van der Waals surface area contributed by atoms with Crippen molar-refractivity contribution in [1.29, 1.82) is 0 Å². The van der Waals surface area contributed by atoms with E-state index in [0.29, 0.717) is 38.3 Å². The lowest BCUT2D eigenvalue weighted by Gasteiger charge is -2.10. The first-order valence-electron chi connectivity index (χ1n) is 6.99. The first-order valence-corrected chi connectivity index (χ1v) is 6.99. The molecule has 114 valence electrons. The summed E-state index contributed by atoms with van der Waals surface area (Å²) in [5.41, 5.74) is 0.864. The van der Waals surface area contributed by atoms with E-state index in [-0.39, 0.29) is 0 Å². The first kappa shape index (κ1) is 15.5. The Balaban J connectivity index is 1.91. The molecule has 0 aliphatic rings. The van der Waals surface area contributed by atoms with E-state index < -0.39 is 0 Å². The maximum absolute atomic E-state index is 5.77. The number of nitrogens with one attached hydrogen (secondary N) is 1. The van der Waals surface area contributed by atoms with Gasteiger partial charge in [-0.2, -0.15) is 4.98 Å². The second kappa shape index (κ2) is 8.39. The number of anilines is 1. The molecule has 0 fully saturated rings. The molecule has 0 saturated heterocycles. The number of para-hydroxylation sites is 1. The maximum atomic E-state index is 5.77. The molecular formula is C15H21N3O3. The van der Waals surface area contributed by atoms with E-state index in [2.05, 4.69) is 15.3 Å². The van der Waals surface area contributed by atoms with Crippen LogP contribution in [0.1, 0.15) is 6.42 Å². The number of hydrogen-bond donors (Lipinski definition) is 1. The van der Waals surface area contributed by atoms with E-state index in [4.69, 9.17) is 14.2 Å². The summed E-state index contributed by atoms with van der Waals surface area (Å²) in [5, 5.41) is 3.86. The number of ether oxygens (including phenoxy) is 3.